The zero-order valence-electron chi connectivity index (χ0n) is 11.8. The van der Waals surface area contributed by atoms with Crippen LogP contribution in [0.25, 0.3) is 0 Å². The van der Waals surface area contributed by atoms with E-state index in [1.165, 1.54) is 13.3 Å². The molecule has 0 amide bonds. The number of hydrogen-bond acceptors (Lipinski definition) is 5. The third-order valence-electron chi connectivity index (χ3n) is 2.33. The van der Waals surface area contributed by atoms with E-state index < -0.39 is 5.97 Å². The van der Waals surface area contributed by atoms with E-state index >= 15 is 0 Å². The van der Waals surface area contributed by atoms with Crippen LogP contribution in [0.4, 0.5) is 5.69 Å². The number of anilines is 1. The molecule has 0 bridgehead atoms. The Bertz CT molecular complexity index is 530. The molecule has 1 aromatic rings. The molecule has 0 aliphatic rings. The maximum absolute atomic E-state index is 11.2. The van der Waals surface area contributed by atoms with Crippen molar-refractivity contribution in [2.45, 2.75) is 13.8 Å². The van der Waals surface area contributed by atoms with Crippen LogP contribution in [0.1, 0.15) is 13.8 Å². The maximum atomic E-state index is 11.2. The Morgan fingerprint density at radius 1 is 1.50 bits per heavy atom. The Kier molecular flexibility index (Phi) is 6.11. The highest BCUT2D eigenvalue weighted by Crippen LogP contribution is 2.18. The summed E-state index contributed by atoms with van der Waals surface area (Å²) < 4.78 is 10.1. The van der Waals surface area contributed by atoms with Gasteiger partial charge in [0.25, 0.3) is 0 Å². The van der Waals surface area contributed by atoms with Crippen molar-refractivity contribution in [3.63, 3.8) is 0 Å². The summed E-state index contributed by atoms with van der Waals surface area (Å²) in [6.07, 6.45) is 1.31. The second kappa shape index (κ2) is 7.85. The highest BCUT2D eigenvalue weighted by Gasteiger charge is 2.07. The van der Waals surface area contributed by atoms with Crippen LogP contribution < -0.4 is 10.1 Å². The molecular formula is C15H18N2O3. The molecule has 20 heavy (non-hydrogen) atoms. The maximum Gasteiger partial charge on any atom is 0.350 e. The first-order chi connectivity index (χ1) is 9.56. The largest absolute Gasteiger partial charge is 0.493 e. The highest BCUT2D eigenvalue weighted by molar-refractivity contribution is 5.93. The number of hydrogen-bond donors (Lipinski definition) is 1. The molecule has 0 radical (unpaired) electrons. The van der Waals surface area contributed by atoms with E-state index in [0.717, 1.165) is 11.4 Å². The fourth-order valence-corrected chi connectivity index (χ4v) is 1.34. The zero-order valence-corrected chi connectivity index (χ0v) is 11.8. The van der Waals surface area contributed by atoms with Gasteiger partial charge >= 0.3 is 5.97 Å². The number of ether oxygens (including phenoxy) is 2. The zero-order chi connectivity index (χ0) is 15.0. The number of rotatable bonds is 6. The lowest BCUT2D eigenvalue weighted by Gasteiger charge is -2.10. The van der Waals surface area contributed by atoms with Crippen molar-refractivity contribution in [1.82, 2.24) is 0 Å². The predicted molar refractivity (Wildman–Crippen MR) is 76.1 cm³/mol. The quantitative estimate of drug-likeness (QED) is 0.490. The molecule has 0 aliphatic heterocycles. The van der Waals surface area contributed by atoms with Gasteiger partial charge in [0, 0.05) is 18.0 Å². The summed E-state index contributed by atoms with van der Waals surface area (Å²) in [5.41, 5.74) is 0.629. The molecule has 106 valence electrons. The highest BCUT2D eigenvalue weighted by atomic mass is 16.5. The van der Waals surface area contributed by atoms with Crippen molar-refractivity contribution in [3.8, 4) is 11.8 Å². The van der Waals surface area contributed by atoms with E-state index in [4.69, 9.17) is 10.00 Å². The van der Waals surface area contributed by atoms with Gasteiger partial charge in [0.05, 0.1) is 13.7 Å². The van der Waals surface area contributed by atoms with Crippen LogP contribution in [0.15, 0.2) is 36.0 Å². The number of esters is 1. The Morgan fingerprint density at radius 3 is 2.85 bits per heavy atom. The molecule has 0 heterocycles. The Morgan fingerprint density at radius 2 is 2.25 bits per heavy atom. The fourth-order valence-electron chi connectivity index (χ4n) is 1.34. The average Bonchev–Trinajstić information content (AvgIpc) is 2.45. The second-order valence-electron chi connectivity index (χ2n) is 4.54. The normalized spacial score (nSPS) is 10.8. The number of carbonyl (C=O) groups is 1. The molecule has 1 rings (SSSR count). The standard InChI is InChI=1S/C15H18N2O3/c1-11(2)10-20-14-6-4-5-13(7-14)17-9-12(8-16)15(18)19-3/h4-7,9,11,17H,10H2,1-3H3/b12-9-. The number of benzene rings is 1. The van der Waals surface area contributed by atoms with E-state index in [1.54, 1.807) is 12.1 Å². The number of carbonyl (C=O) groups excluding carboxylic acids is 1. The van der Waals surface area contributed by atoms with Crippen molar-refractivity contribution in [3.05, 3.63) is 36.0 Å². The second-order valence-corrected chi connectivity index (χ2v) is 4.54. The number of nitriles is 1. The minimum atomic E-state index is -0.674. The fraction of sp³-hybridized carbons (Fsp3) is 0.333. The number of nitrogens with one attached hydrogen (secondary N) is 1. The van der Waals surface area contributed by atoms with Gasteiger partial charge in [0.2, 0.25) is 0 Å². The van der Waals surface area contributed by atoms with Gasteiger partial charge in [-0.3, -0.25) is 0 Å². The molecule has 0 spiro atoms. The summed E-state index contributed by atoms with van der Waals surface area (Å²) in [6.45, 7) is 4.77. The molecule has 5 heteroatoms. The summed E-state index contributed by atoms with van der Waals surface area (Å²) in [5, 5.41) is 11.7. The van der Waals surface area contributed by atoms with E-state index in [1.807, 2.05) is 18.2 Å². The van der Waals surface area contributed by atoms with Crippen molar-refractivity contribution in [1.29, 1.82) is 5.26 Å². The molecule has 0 aromatic heterocycles. The third kappa shape index (κ3) is 5.02. The summed E-state index contributed by atoms with van der Waals surface area (Å²) in [6, 6.07) is 9.06. The predicted octanol–water partition coefficient (Wildman–Crippen LogP) is 2.71. The van der Waals surface area contributed by atoms with Crippen LogP contribution in [-0.2, 0) is 9.53 Å². The van der Waals surface area contributed by atoms with Crippen LogP contribution in [0.2, 0.25) is 0 Å². The number of nitrogens with zero attached hydrogens (tertiary/aromatic N) is 1. The van der Waals surface area contributed by atoms with E-state index in [9.17, 15) is 4.79 Å². The molecule has 0 saturated heterocycles. The number of methoxy groups -OCH3 is 1. The first-order valence-electron chi connectivity index (χ1n) is 6.24. The molecule has 0 fully saturated rings. The summed E-state index contributed by atoms with van der Waals surface area (Å²) in [4.78, 5) is 11.2. The molecule has 0 aliphatic carbocycles. The lowest BCUT2D eigenvalue weighted by atomic mass is 10.2. The third-order valence-corrected chi connectivity index (χ3v) is 2.33. The van der Waals surface area contributed by atoms with Gasteiger partial charge in [-0.15, -0.1) is 0 Å². The lowest BCUT2D eigenvalue weighted by Crippen LogP contribution is -2.06. The van der Waals surface area contributed by atoms with Crippen LogP contribution in [-0.4, -0.2) is 19.7 Å². The van der Waals surface area contributed by atoms with Gasteiger partial charge in [-0.2, -0.15) is 5.26 Å². The van der Waals surface area contributed by atoms with Crippen molar-refractivity contribution >= 4 is 11.7 Å². The van der Waals surface area contributed by atoms with Crippen LogP contribution in [0, 0.1) is 17.2 Å². The van der Waals surface area contributed by atoms with E-state index in [0.29, 0.717) is 12.5 Å². The van der Waals surface area contributed by atoms with Crippen molar-refractivity contribution in [2.24, 2.45) is 5.92 Å². The van der Waals surface area contributed by atoms with Gasteiger partial charge in [0.1, 0.15) is 11.8 Å². The lowest BCUT2D eigenvalue weighted by molar-refractivity contribution is -0.135. The van der Waals surface area contributed by atoms with Gasteiger partial charge in [-0.25, -0.2) is 4.79 Å². The molecule has 0 unspecified atom stereocenters. The van der Waals surface area contributed by atoms with Crippen molar-refractivity contribution in [2.75, 3.05) is 19.0 Å². The summed E-state index contributed by atoms with van der Waals surface area (Å²) in [7, 11) is 1.23. The van der Waals surface area contributed by atoms with Crippen molar-refractivity contribution < 1.29 is 14.3 Å². The minimum Gasteiger partial charge on any atom is -0.493 e. The monoisotopic (exact) mass is 274 g/mol. The molecule has 0 atom stereocenters. The van der Waals surface area contributed by atoms with Gasteiger partial charge in [0.15, 0.2) is 5.57 Å². The molecule has 1 N–H and O–H groups in total. The van der Waals surface area contributed by atoms with Crippen LogP contribution in [0.5, 0.6) is 5.75 Å². The van der Waals surface area contributed by atoms with Gasteiger partial charge < -0.3 is 14.8 Å². The molecule has 1 aromatic carbocycles. The molecular weight excluding hydrogens is 256 g/mol. The topological polar surface area (TPSA) is 71.4 Å². The van der Waals surface area contributed by atoms with E-state index in [2.05, 4.69) is 23.9 Å². The molecule has 0 saturated carbocycles. The van der Waals surface area contributed by atoms with E-state index in [-0.39, 0.29) is 5.57 Å². The summed E-state index contributed by atoms with van der Waals surface area (Å²) in [5.74, 6) is 0.497. The Labute approximate surface area is 118 Å². The average molecular weight is 274 g/mol. The van der Waals surface area contributed by atoms with Gasteiger partial charge in [-0.05, 0) is 18.1 Å². The summed E-state index contributed by atoms with van der Waals surface area (Å²) >= 11 is 0. The first-order valence-corrected chi connectivity index (χ1v) is 6.24. The SMILES string of the molecule is COC(=O)/C(C#N)=C\Nc1cccc(OCC(C)C)c1. The van der Waals surface area contributed by atoms with Gasteiger partial charge in [-0.1, -0.05) is 19.9 Å². The molecule has 5 nitrogen and oxygen atoms in total. The smallest absolute Gasteiger partial charge is 0.350 e. The Hall–Kier alpha value is -2.48. The van der Waals surface area contributed by atoms with Crippen LogP contribution in [0.3, 0.4) is 0 Å². The first kappa shape index (κ1) is 15.6. The Balaban J connectivity index is 2.73. The minimum absolute atomic E-state index is 0.0963. The van der Waals surface area contributed by atoms with Crippen LogP contribution >= 0.6 is 0 Å².